The van der Waals surface area contributed by atoms with Gasteiger partial charge in [-0.15, -0.1) is 0 Å². The third-order valence-electron chi connectivity index (χ3n) is 3.65. The molecule has 2 nitrogen and oxygen atoms in total. The first-order valence-electron chi connectivity index (χ1n) is 6.82. The van der Waals surface area contributed by atoms with E-state index in [9.17, 15) is 0 Å². The molecule has 0 aliphatic carbocycles. The van der Waals surface area contributed by atoms with Crippen molar-refractivity contribution in [2.24, 2.45) is 0 Å². The van der Waals surface area contributed by atoms with Crippen LogP contribution in [0.1, 0.15) is 37.8 Å². The second kappa shape index (κ2) is 6.18. The maximum absolute atomic E-state index is 3.38. The number of hydrogen-bond donors (Lipinski definition) is 1. The van der Waals surface area contributed by atoms with Crippen LogP contribution in [0.25, 0.3) is 0 Å². The third kappa shape index (κ3) is 3.55. The molecule has 1 aromatic carbocycles. The predicted octanol–water partition coefficient (Wildman–Crippen LogP) is 2.78. The summed E-state index contributed by atoms with van der Waals surface area (Å²) in [6, 6.07) is 9.74. The van der Waals surface area contributed by atoms with Gasteiger partial charge in [0, 0.05) is 19.1 Å². The molecule has 1 aromatic rings. The molecule has 1 aliphatic heterocycles. The minimum atomic E-state index is 0.757. The van der Waals surface area contributed by atoms with Gasteiger partial charge in [-0.3, -0.25) is 4.90 Å². The summed E-state index contributed by atoms with van der Waals surface area (Å²) in [5.41, 5.74) is 2.85. The highest BCUT2D eigenvalue weighted by molar-refractivity contribution is 5.23. The van der Waals surface area contributed by atoms with Gasteiger partial charge in [-0.1, -0.05) is 31.2 Å². The fourth-order valence-electron chi connectivity index (χ4n) is 2.57. The van der Waals surface area contributed by atoms with Crippen molar-refractivity contribution in [2.75, 3.05) is 13.1 Å². The van der Waals surface area contributed by atoms with E-state index in [0.717, 1.165) is 25.7 Å². The Morgan fingerprint density at radius 2 is 2.18 bits per heavy atom. The van der Waals surface area contributed by atoms with Crippen LogP contribution in [0.2, 0.25) is 0 Å². The molecule has 94 valence electrons. The van der Waals surface area contributed by atoms with Crippen LogP contribution in [0.4, 0.5) is 0 Å². The standard InChI is InChI=1S/C15H24N2/c1-3-16-11-14-7-4-8-15(10-14)12-17-9-5-6-13(17)2/h4,7-8,10,13,16H,3,5-6,9,11-12H2,1-2H3. The maximum atomic E-state index is 3.38. The van der Waals surface area contributed by atoms with Crippen molar-refractivity contribution >= 4 is 0 Å². The van der Waals surface area contributed by atoms with Crippen LogP contribution in [0.3, 0.4) is 0 Å². The first-order chi connectivity index (χ1) is 8.29. The van der Waals surface area contributed by atoms with Crippen LogP contribution in [-0.4, -0.2) is 24.0 Å². The van der Waals surface area contributed by atoms with E-state index >= 15 is 0 Å². The zero-order valence-electron chi connectivity index (χ0n) is 11.1. The van der Waals surface area contributed by atoms with Crippen molar-refractivity contribution in [1.29, 1.82) is 0 Å². The minimum Gasteiger partial charge on any atom is -0.313 e. The molecule has 2 rings (SSSR count). The minimum absolute atomic E-state index is 0.757. The second-order valence-corrected chi connectivity index (χ2v) is 5.06. The van der Waals surface area contributed by atoms with Gasteiger partial charge in [0.2, 0.25) is 0 Å². The Morgan fingerprint density at radius 3 is 2.88 bits per heavy atom. The molecular weight excluding hydrogens is 208 g/mol. The van der Waals surface area contributed by atoms with Gasteiger partial charge in [0.15, 0.2) is 0 Å². The van der Waals surface area contributed by atoms with E-state index in [1.165, 1.54) is 30.5 Å². The van der Waals surface area contributed by atoms with E-state index < -0.39 is 0 Å². The quantitative estimate of drug-likeness (QED) is 0.840. The SMILES string of the molecule is CCNCc1cccc(CN2CCCC2C)c1. The fourth-order valence-corrected chi connectivity index (χ4v) is 2.57. The molecule has 0 aromatic heterocycles. The van der Waals surface area contributed by atoms with E-state index in [1.54, 1.807) is 0 Å². The highest BCUT2D eigenvalue weighted by Crippen LogP contribution is 2.19. The second-order valence-electron chi connectivity index (χ2n) is 5.06. The summed E-state index contributed by atoms with van der Waals surface area (Å²) in [7, 11) is 0. The molecule has 2 heteroatoms. The van der Waals surface area contributed by atoms with Crippen molar-refractivity contribution < 1.29 is 0 Å². The predicted molar refractivity (Wildman–Crippen MR) is 72.9 cm³/mol. The summed E-state index contributed by atoms with van der Waals surface area (Å²) in [6.45, 7) is 8.89. The van der Waals surface area contributed by atoms with E-state index in [1.807, 2.05) is 0 Å². The fraction of sp³-hybridized carbons (Fsp3) is 0.600. The molecule has 0 radical (unpaired) electrons. The lowest BCUT2D eigenvalue weighted by molar-refractivity contribution is 0.260. The molecule has 17 heavy (non-hydrogen) atoms. The largest absolute Gasteiger partial charge is 0.313 e. The van der Waals surface area contributed by atoms with Gasteiger partial charge in [-0.2, -0.15) is 0 Å². The van der Waals surface area contributed by atoms with Crippen LogP contribution in [0.15, 0.2) is 24.3 Å². The molecule has 1 fully saturated rings. The summed E-state index contributed by atoms with van der Waals surface area (Å²) in [5, 5.41) is 3.38. The van der Waals surface area contributed by atoms with Crippen molar-refractivity contribution in [1.82, 2.24) is 10.2 Å². The molecule has 1 saturated heterocycles. The van der Waals surface area contributed by atoms with E-state index in [2.05, 4.69) is 48.3 Å². The Hall–Kier alpha value is -0.860. The van der Waals surface area contributed by atoms with Gasteiger partial charge >= 0.3 is 0 Å². The van der Waals surface area contributed by atoms with Gasteiger partial charge in [-0.05, 0) is 44.0 Å². The van der Waals surface area contributed by atoms with Gasteiger partial charge in [-0.25, -0.2) is 0 Å². The van der Waals surface area contributed by atoms with Crippen molar-refractivity contribution in [3.05, 3.63) is 35.4 Å². The maximum Gasteiger partial charge on any atom is 0.0236 e. The van der Waals surface area contributed by atoms with Crippen LogP contribution in [0.5, 0.6) is 0 Å². The van der Waals surface area contributed by atoms with Crippen molar-refractivity contribution in [3.8, 4) is 0 Å². The van der Waals surface area contributed by atoms with Crippen LogP contribution < -0.4 is 5.32 Å². The lowest BCUT2D eigenvalue weighted by Crippen LogP contribution is -2.26. The topological polar surface area (TPSA) is 15.3 Å². The van der Waals surface area contributed by atoms with Gasteiger partial charge < -0.3 is 5.32 Å². The van der Waals surface area contributed by atoms with Crippen LogP contribution in [0, 0.1) is 0 Å². The average Bonchev–Trinajstić information content (AvgIpc) is 2.73. The first-order valence-corrected chi connectivity index (χ1v) is 6.82. The normalized spacial score (nSPS) is 20.9. The zero-order valence-corrected chi connectivity index (χ0v) is 11.1. The summed E-state index contributed by atoms with van der Waals surface area (Å²) in [6.07, 6.45) is 2.72. The zero-order chi connectivity index (χ0) is 12.1. The van der Waals surface area contributed by atoms with Crippen molar-refractivity contribution in [3.63, 3.8) is 0 Å². The van der Waals surface area contributed by atoms with Gasteiger partial charge in [0.1, 0.15) is 0 Å². The number of nitrogens with one attached hydrogen (secondary N) is 1. The Bertz CT molecular complexity index is 349. The van der Waals surface area contributed by atoms with Crippen LogP contribution >= 0.6 is 0 Å². The summed E-state index contributed by atoms with van der Waals surface area (Å²) in [5.74, 6) is 0. The Balaban J connectivity index is 1.95. The molecule has 1 aliphatic rings. The molecule has 1 unspecified atom stereocenters. The number of likely N-dealkylation sites (tertiary alicyclic amines) is 1. The first kappa shape index (κ1) is 12.6. The van der Waals surface area contributed by atoms with Gasteiger partial charge in [0.25, 0.3) is 0 Å². The smallest absolute Gasteiger partial charge is 0.0236 e. The van der Waals surface area contributed by atoms with E-state index in [4.69, 9.17) is 0 Å². The average molecular weight is 232 g/mol. The molecule has 0 saturated carbocycles. The Labute approximate surface area is 105 Å². The summed E-state index contributed by atoms with van der Waals surface area (Å²) in [4.78, 5) is 2.59. The highest BCUT2D eigenvalue weighted by atomic mass is 15.2. The lowest BCUT2D eigenvalue weighted by atomic mass is 10.1. The molecule has 1 N–H and O–H groups in total. The Kier molecular flexibility index (Phi) is 4.57. The number of rotatable bonds is 5. The highest BCUT2D eigenvalue weighted by Gasteiger charge is 2.19. The number of nitrogens with zero attached hydrogens (tertiary/aromatic N) is 1. The summed E-state index contributed by atoms with van der Waals surface area (Å²) < 4.78 is 0. The van der Waals surface area contributed by atoms with Crippen LogP contribution in [-0.2, 0) is 13.1 Å². The Morgan fingerprint density at radius 1 is 1.35 bits per heavy atom. The molecule has 0 bridgehead atoms. The van der Waals surface area contributed by atoms with Crippen molar-refractivity contribution in [2.45, 2.75) is 45.8 Å². The summed E-state index contributed by atoms with van der Waals surface area (Å²) >= 11 is 0. The monoisotopic (exact) mass is 232 g/mol. The lowest BCUT2D eigenvalue weighted by Gasteiger charge is -2.21. The number of benzene rings is 1. The molecule has 1 atom stereocenters. The molecule has 0 spiro atoms. The van der Waals surface area contributed by atoms with E-state index in [0.29, 0.717) is 0 Å². The van der Waals surface area contributed by atoms with E-state index in [-0.39, 0.29) is 0 Å². The third-order valence-corrected chi connectivity index (χ3v) is 3.65. The molecule has 0 amide bonds. The molecular formula is C15H24N2. The molecule has 1 heterocycles. The number of hydrogen-bond acceptors (Lipinski definition) is 2. The van der Waals surface area contributed by atoms with Gasteiger partial charge in [0.05, 0.1) is 0 Å².